The standard InChI is InChI=1S/C32H30N3O8PS/c1-21-19-35(31(37)34-30(21)36)29-18-27(43-44(38,39)45-17-9-16-33)28(42-29)20-40-32(22-10-3-2-4-11-22)23-12-5-7-14-25(23)41-26-15-8-6-13-24(26)32/h2-8,10-15,19,27-29H,9,17-18,20H2,1H3,(H,38,39)(H,34,36,37)/t27-,28+,29+/m0/s1. The number of aryl methyl sites for hydroxylation is 1. The van der Waals surface area contributed by atoms with Gasteiger partial charge in [-0.05, 0) is 36.0 Å². The molecular formula is C32H30N3O8PS. The van der Waals surface area contributed by atoms with Crippen LogP contribution in [-0.2, 0) is 24.2 Å². The molecule has 1 aromatic heterocycles. The van der Waals surface area contributed by atoms with Gasteiger partial charge in [-0.1, -0.05) is 66.7 Å². The molecule has 4 atom stereocenters. The van der Waals surface area contributed by atoms with Crippen LogP contribution in [0.2, 0.25) is 0 Å². The van der Waals surface area contributed by atoms with Gasteiger partial charge < -0.3 is 19.1 Å². The van der Waals surface area contributed by atoms with Crippen molar-refractivity contribution in [2.45, 2.75) is 43.8 Å². The summed E-state index contributed by atoms with van der Waals surface area (Å²) in [5.41, 5.74) is 0.288. The van der Waals surface area contributed by atoms with Crippen molar-refractivity contribution < 1.29 is 28.2 Å². The normalized spacial score (nSPS) is 21.1. The molecule has 6 rings (SSSR count). The van der Waals surface area contributed by atoms with Gasteiger partial charge in [-0.15, -0.1) is 0 Å². The van der Waals surface area contributed by atoms with E-state index < -0.39 is 42.1 Å². The molecule has 2 aliphatic rings. The summed E-state index contributed by atoms with van der Waals surface area (Å²) in [4.78, 5) is 37.8. The number of nitrogens with zero attached hydrogens (tertiary/aromatic N) is 2. The van der Waals surface area contributed by atoms with Gasteiger partial charge in [0.2, 0.25) is 0 Å². The van der Waals surface area contributed by atoms with E-state index in [4.69, 9.17) is 24.0 Å². The van der Waals surface area contributed by atoms with Crippen LogP contribution in [-0.4, -0.2) is 39.0 Å². The quantitative estimate of drug-likeness (QED) is 0.170. The number of para-hydroxylation sites is 2. The summed E-state index contributed by atoms with van der Waals surface area (Å²) in [6.45, 7) is -2.78. The van der Waals surface area contributed by atoms with E-state index in [1.807, 2.05) is 84.9 Å². The Balaban J connectivity index is 1.39. The fourth-order valence-electron chi connectivity index (χ4n) is 5.73. The SMILES string of the molecule is Cc1cn([C@H]2C[C@H](OP(=O)(O)SCCC#N)[C@@H](COC3(c4ccccc4)c4ccccc4Oc4ccccc43)O2)c(=O)[nH]c1=O. The molecule has 13 heteroatoms. The minimum Gasteiger partial charge on any atom is -0.457 e. The highest BCUT2D eigenvalue weighted by Gasteiger charge is 2.48. The van der Waals surface area contributed by atoms with E-state index >= 15 is 0 Å². The second-order valence-electron chi connectivity index (χ2n) is 10.6. The Morgan fingerprint density at radius 2 is 1.71 bits per heavy atom. The molecule has 11 nitrogen and oxygen atoms in total. The van der Waals surface area contributed by atoms with Crippen LogP contribution in [0.25, 0.3) is 0 Å². The number of hydrogen-bond acceptors (Lipinski definition) is 9. The van der Waals surface area contributed by atoms with Crippen molar-refractivity contribution in [1.29, 1.82) is 5.26 Å². The van der Waals surface area contributed by atoms with E-state index in [0.29, 0.717) is 28.4 Å². The number of benzene rings is 3. The third-order valence-corrected chi connectivity index (χ3v) is 10.8. The third-order valence-electron chi connectivity index (χ3n) is 7.77. The summed E-state index contributed by atoms with van der Waals surface area (Å²) in [5.74, 6) is 1.33. The second kappa shape index (κ2) is 12.8. The monoisotopic (exact) mass is 647 g/mol. The molecule has 3 heterocycles. The first kappa shape index (κ1) is 31.0. The lowest BCUT2D eigenvalue weighted by Crippen LogP contribution is -2.40. The highest BCUT2D eigenvalue weighted by molar-refractivity contribution is 8.54. The van der Waals surface area contributed by atoms with Crippen molar-refractivity contribution >= 4 is 18.2 Å². The van der Waals surface area contributed by atoms with Gasteiger partial charge in [0.25, 0.3) is 5.56 Å². The summed E-state index contributed by atoms with van der Waals surface area (Å²) in [5, 5.41) is 8.89. The Morgan fingerprint density at radius 3 is 2.38 bits per heavy atom. The van der Waals surface area contributed by atoms with Crippen LogP contribution >= 0.6 is 18.2 Å². The Kier molecular flexibility index (Phi) is 8.84. The van der Waals surface area contributed by atoms with E-state index in [1.54, 1.807) is 6.92 Å². The minimum absolute atomic E-state index is 0.0252. The fraction of sp³-hybridized carbons (Fsp3) is 0.281. The van der Waals surface area contributed by atoms with Crippen molar-refractivity contribution in [3.8, 4) is 17.6 Å². The molecule has 3 aromatic carbocycles. The topological polar surface area (TPSA) is 153 Å². The Morgan fingerprint density at radius 1 is 1.07 bits per heavy atom. The predicted molar refractivity (Wildman–Crippen MR) is 167 cm³/mol. The summed E-state index contributed by atoms with van der Waals surface area (Å²) in [7, 11) is 0. The van der Waals surface area contributed by atoms with Crippen LogP contribution in [0, 0.1) is 18.3 Å². The Bertz CT molecular complexity index is 1860. The van der Waals surface area contributed by atoms with Crippen LogP contribution < -0.4 is 16.0 Å². The van der Waals surface area contributed by atoms with Crippen LogP contribution in [0.3, 0.4) is 0 Å². The number of aromatic amines is 1. The molecule has 2 N–H and O–H groups in total. The average Bonchev–Trinajstić information content (AvgIpc) is 3.42. The molecule has 45 heavy (non-hydrogen) atoms. The minimum atomic E-state index is -4.23. The molecule has 1 fully saturated rings. The zero-order valence-electron chi connectivity index (χ0n) is 24.2. The molecule has 0 aliphatic carbocycles. The molecule has 0 amide bonds. The van der Waals surface area contributed by atoms with Crippen LogP contribution in [0.4, 0.5) is 0 Å². The molecule has 0 bridgehead atoms. The lowest BCUT2D eigenvalue weighted by molar-refractivity contribution is -0.0936. The Labute approximate surface area is 262 Å². The fourth-order valence-corrected chi connectivity index (χ4v) is 8.25. The maximum absolute atomic E-state index is 13.1. The van der Waals surface area contributed by atoms with E-state index in [1.165, 1.54) is 10.8 Å². The Hall–Kier alpha value is -3.95. The predicted octanol–water partition coefficient (Wildman–Crippen LogP) is 5.38. The zero-order chi connectivity index (χ0) is 31.6. The lowest BCUT2D eigenvalue weighted by Gasteiger charge is -2.41. The number of aromatic nitrogens is 2. The third kappa shape index (κ3) is 6.16. The number of hydrogen-bond donors (Lipinski definition) is 2. The number of ether oxygens (including phenoxy) is 3. The van der Waals surface area contributed by atoms with Crippen molar-refractivity contribution in [1.82, 2.24) is 9.55 Å². The smallest absolute Gasteiger partial charge is 0.386 e. The number of rotatable bonds is 10. The van der Waals surface area contributed by atoms with E-state index in [9.17, 15) is 19.0 Å². The second-order valence-corrected chi connectivity index (χ2v) is 14.6. The first-order valence-electron chi connectivity index (χ1n) is 14.3. The maximum atomic E-state index is 13.1. The molecule has 1 unspecified atom stereocenters. The molecule has 232 valence electrons. The summed E-state index contributed by atoms with van der Waals surface area (Å²) in [6.07, 6.45) is -1.31. The van der Waals surface area contributed by atoms with Crippen LogP contribution in [0.1, 0.15) is 41.3 Å². The molecule has 0 radical (unpaired) electrons. The van der Waals surface area contributed by atoms with Gasteiger partial charge in [0.15, 0.2) is 5.60 Å². The first-order chi connectivity index (χ1) is 21.7. The van der Waals surface area contributed by atoms with Gasteiger partial charge in [0.1, 0.15) is 29.9 Å². The molecule has 4 aromatic rings. The highest BCUT2D eigenvalue weighted by Crippen LogP contribution is 2.59. The summed E-state index contributed by atoms with van der Waals surface area (Å²) >= 11 is 0.658. The van der Waals surface area contributed by atoms with Gasteiger partial charge in [-0.3, -0.25) is 18.9 Å². The van der Waals surface area contributed by atoms with Crippen molar-refractivity contribution in [3.05, 3.63) is 128 Å². The molecule has 0 spiro atoms. The number of nitriles is 1. The summed E-state index contributed by atoms with van der Waals surface area (Å²) < 4.78 is 39.6. The van der Waals surface area contributed by atoms with E-state index in [-0.39, 0.29) is 25.2 Å². The summed E-state index contributed by atoms with van der Waals surface area (Å²) in [6, 6.07) is 26.8. The first-order valence-corrected chi connectivity index (χ1v) is 17.5. The van der Waals surface area contributed by atoms with Gasteiger partial charge >= 0.3 is 12.5 Å². The van der Waals surface area contributed by atoms with Gasteiger partial charge in [0.05, 0.1) is 12.7 Å². The highest BCUT2D eigenvalue weighted by atomic mass is 32.7. The average molecular weight is 648 g/mol. The lowest BCUT2D eigenvalue weighted by atomic mass is 9.77. The van der Waals surface area contributed by atoms with Gasteiger partial charge in [0, 0.05) is 41.5 Å². The number of nitrogens with one attached hydrogen (secondary N) is 1. The zero-order valence-corrected chi connectivity index (χ0v) is 25.9. The number of H-pyrrole nitrogens is 1. The van der Waals surface area contributed by atoms with E-state index in [0.717, 1.165) is 16.7 Å². The van der Waals surface area contributed by atoms with Crippen molar-refractivity contribution in [2.24, 2.45) is 0 Å². The molecule has 0 saturated carbocycles. The molecule has 1 saturated heterocycles. The maximum Gasteiger partial charge on any atom is 0.386 e. The van der Waals surface area contributed by atoms with E-state index in [2.05, 4.69) is 4.98 Å². The van der Waals surface area contributed by atoms with Crippen LogP contribution in [0.5, 0.6) is 11.5 Å². The molecular weight excluding hydrogens is 617 g/mol. The number of fused-ring (bicyclic) bond motifs is 2. The van der Waals surface area contributed by atoms with Crippen molar-refractivity contribution in [3.63, 3.8) is 0 Å². The van der Waals surface area contributed by atoms with Gasteiger partial charge in [-0.25, -0.2) is 9.36 Å². The molecule has 2 aliphatic heterocycles. The van der Waals surface area contributed by atoms with Crippen LogP contribution in [0.15, 0.2) is 94.6 Å². The van der Waals surface area contributed by atoms with Gasteiger partial charge in [-0.2, -0.15) is 5.26 Å². The largest absolute Gasteiger partial charge is 0.457 e. The van der Waals surface area contributed by atoms with Crippen molar-refractivity contribution in [2.75, 3.05) is 12.4 Å².